The van der Waals surface area contributed by atoms with Gasteiger partial charge in [-0.3, -0.25) is 24.6 Å². The number of thiazole rings is 1. The van der Waals surface area contributed by atoms with E-state index in [1.165, 1.54) is 17.8 Å². The lowest BCUT2D eigenvalue weighted by atomic mass is 9.98. The average Bonchev–Trinajstić information content (AvgIpc) is 3.35. The van der Waals surface area contributed by atoms with Gasteiger partial charge in [-0.2, -0.15) is 0 Å². The van der Waals surface area contributed by atoms with Gasteiger partial charge in [-0.1, -0.05) is 6.08 Å². The Kier molecular flexibility index (Phi) is 10.7. The number of rotatable bonds is 9. The number of fused-ring (bicyclic) bond motifs is 1. The zero-order valence-electron chi connectivity index (χ0n) is 25.3. The summed E-state index contributed by atoms with van der Waals surface area (Å²) in [6, 6.07) is -1.01. The maximum atomic E-state index is 13.3. The number of allylic oxidation sites excluding steroid dienone is 1. The quantitative estimate of drug-likeness (QED) is 0.116. The monoisotopic (exact) mass is 653 g/mol. The van der Waals surface area contributed by atoms with Crippen LogP contribution < -0.4 is 16.4 Å². The first-order chi connectivity index (χ1) is 20.4. The number of nitrogens with one attached hydrogen (secondary N) is 2. The third-order valence-electron chi connectivity index (χ3n) is 5.83. The molecule has 0 unspecified atom stereocenters. The molecule has 4 N–H and O–H groups in total. The number of nitrogens with zero attached hydrogens (tertiary/aromatic N) is 2. The Morgan fingerprint density at radius 2 is 1.80 bits per heavy atom. The molecule has 1 saturated heterocycles. The zero-order chi connectivity index (χ0) is 33.0. The number of anilines is 1. The fourth-order valence-electron chi connectivity index (χ4n) is 3.82. The SMILES string of the molecule is CC=C(C(=O)N[C@@H]1C(=O)N2C(C(=O)OCOC(=O)C(C)(C)C)=C(COC(N)=O)CS[C@@H]12)c1csc(NC(=O)OC(C)(C)C)n1. The van der Waals surface area contributed by atoms with Crippen molar-refractivity contribution in [1.29, 1.82) is 0 Å². The number of nitrogens with two attached hydrogens (primary N) is 1. The third kappa shape index (κ3) is 8.49. The van der Waals surface area contributed by atoms with E-state index in [-0.39, 0.29) is 40.0 Å². The highest BCUT2D eigenvalue weighted by Gasteiger charge is 2.54. The number of primary amides is 1. The number of thioether (sulfide) groups is 1. The first-order valence-electron chi connectivity index (χ1n) is 13.3. The van der Waals surface area contributed by atoms with Crippen LogP contribution in [0.25, 0.3) is 5.57 Å². The van der Waals surface area contributed by atoms with Gasteiger partial charge in [-0.05, 0) is 48.5 Å². The Bertz CT molecular complexity index is 1410. The lowest BCUT2D eigenvalue weighted by molar-refractivity contribution is -0.173. The van der Waals surface area contributed by atoms with Crippen LogP contribution in [0.15, 0.2) is 22.7 Å². The topological polar surface area (TPSA) is 206 Å². The molecule has 2 atom stereocenters. The van der Waals surface area contributed by atoms with Crippen molar-refractivity contribution >= 4 is 69.7 Å². The van der Waals surface area contributed by atoms with Crippen molar-refractivity contribution in [2.45, 2.75) is 65.5 Å². The van der Waals surface area contributed by atoms with Gasteiger partial charge in [0.2, 0.25) is 6.79 Å². The van der Waals surface area contributed by atoms with Crippen LogP contribution in [0.1, 0.15) is 54.2 Å². The van der Waals surface area contributed by atoms with Gasteiger partial charge in [-0.15, -0.1) is 23.1 Å². The van der Waals surface area contributed by atoms with Gasteiger partial charge in [0.15, 0.2) is 5.13 Å². The molecule has 44 heavy (non-hydrogen) atoms. The number of hydrogen-bond acceptors (Lipinski definition) is 13. The van der Waals surface area contributed by atoms with Gasteiger partial charge >= 0.3 is 24.1 Å². The van der Waals surface area contributed by atoms with Crippen molar-refractivity contribution in [2.24, 2.45) is 11.1 Å². The molecule has 0 bridgehead atoms. The van der Waals surface area contributed by atoms with Crippen LogP contribution in [0.5, 0.6) is 0 Å². The van der Waals surface area contributed by atoms with E-state index in [1.54, 1.807) is 53.8 Å². The van der Waals surface area contributed by atoms with Crippen LogP contribution in [-0.2, 0) is 38.1 Å². The van der Waals surface area contributed by atoms with Crippen molar-refractivity contribution in [1.82, 2.24) is 15.2 Å². The van der Waals surface area contributed by atoms with Gasteiger partial charge in [0.1, 0.15) is 29.3 Å². The Labute approximate surface area is 261 Å². The van der Waals surface area contributed by atoms with Crippen LogP contribution in [0.2, 0.25) is 0 Å². The van der Waals surface area contributed by atoms with Gasteiger partial charge in [0.25, 0.3) is 11.8 Å². The second-order valence-electron chi connectivity index (χ2n) is 11.5. The molecular weight excluding hydrogens is 618 g/mol. The van der Waals surface area contributed by atoms with E-state index in [1.807, 2.05) is 0 Å². The van der Waals surface area contributed by atoms with Gasteiger partial charge < -0.3 is 30.0 Å². The van der Waals surface area contributed by atoms with Crippen molar-refractivity contribution in [2.75, 3.05) is 24.5 Å². The summed E-state index contributed by atoms with van der Waals surface area (Å²) in [6.45, 7) is 10.6. The van der Waals surface area contributed by atoms with Gasteiger partial charge in [0, 0.05) is 16.7 Å². The van der Waals surface area contributed by atoms with Crippen LogP contribution in [0, 0.1) is 5.41 Å². The molecule has 15 nitrogen and oxygen atoms in total. The summed E-state index contributed by atoms with van der Waals surface area (Å²) in [5, 5.41) is 6.28. The van der Waals surface area contributed by atoms with Crippen LogP contribution in [0.4, 0.5) is 14.7 Å². The van der Waals surface area contributed by atoms with Crippen LogP contribution in [0.3, 0.4) is 0 Å². The molecule has 17 heteroatoms. The third-order valence-corrected chi connectivity index (χ3v) is 7.93. The number of ether oxygens (including phenoxy) is 4. The molecule has 240 valence electrons. The Morgan fingerprint density at radius 3 is 2.39 bits per heavy atom. The van der Waals surface area contributed by atoms with Gasteiger partial charge in [0.05, 0.1) is 16.7 Å². The highest BCUT2D eigenvalue weighted by molar-refractivity contribution is 8.00. The van der Waals surface area contributed by atoms with E-state index in [0.717, 1.165) is 16.2 Å². The first-order valence-corrected chi connectivity index (χ1v) is 15.2. The van der Waals surface area contributed by atoms with E-state index in [9.17, 15) is 28.8 Å². The largest absolute Gasteiger partial charge is 0.445 e. The number of aromatic nitrogens is 1. The highest BCUT2D eigenvalue weighted by Crippen LogP contribution is 2.41. The molecule has 2 aliphatic heterocycles. The van der Waals surface area contributed by atoms with Crippen molar-refractivity contribution in [3.05, 3.63) is 28.4 Å². The Morgan fingerprint density at radius 1 is 1.11 bits per heavy atom. The number of carbonyl (C=O) groups excluding carboxylic acids is 6. The lowest BCUT2D eigenvalue weighted by Gasteiger charge is -2.49. The predicted molar refractivity (Wildman–Crippen MR) is 160 cm³/mol. The van der Waals surface area contributed by atoms with Crippen molar-refractivity contribution in [3.63, 3.8) is 0 Å². The predicted octanol–water partition coefficient (Wildman–Crippen LogP) is 2.73. The minimum absolute atomic E-state index is 0.141. The van der Waals surface area contributed by atoms with E-state index in [4.69, 9.17) is 24.7 Å². The maximum Gasteiger partial charge on any atom is 0.413 e. The minimum Gasteiger partial charge on any atom is -0.445 e. The Hall–Kier alpha value is -4.12. The summed E-state index contributed by atoms with van der Waals surface area (Å²) >= 11 is 2.31. The molecule has 1 fully saturated rings. The summed E-state index contributed by atoms with van der Waals surface area (Å²) in [5.74, 6) is -2.68. The summed E-state index contributed by atoms with van der Waals surface area (Å²) in [6.07, 6.45) is -0.270. The van der Waals surface area contributed by atoms with E-state index in [0.29, 0.717) is 0 Å². The molecule has 3 rings (SSSR count). The van der Waals surface area contributed by atoms with E-state index in [2.05, 4.69) is 15.6 Å². The molecule has 0 aliphatic carbocycles. The van der Waals surface area contributed by atoms with Crippen LogP contribution >= 0.6 is 23.1 Å². The van der Waals surface area contributed by atoms with E-state index < -0.39 is 65.2 Å². The molecule has 0 spiro atoms. The maximum absolute atomic E-state index is 13.3. The Balaban J connectivity index is 1.71. The molecular formula is C27H35N5O10S2. The average molecular weight is 654 g/mol. The molecule has 3 heterocycles. The fourth-order valence-corrected chi connectivity index (χ4v) is 5.85. The lowest BCUT2D eigenvalue weighted by Crippen LogP contribution is -2.70. The smallest absolute Gasteiger partial charge is 0.413 e. The first kappa shape index (κ1) is 34.4. The molecule has 4 amide bonds. The molecule has 0 aromatic carbocycles. The molecule has 0 radical (unpaired) electrons. The van der Waals surface area contributed by atoms with Crippen LogP contribution in [-0.4, -0.2) is 82.0 Å². The zero-order valence-corrected chi connectivity index (χ0v) is 26.9. The van der Waals surface area contributed by atoms with E-state index >= 15 is 0 Å². The second-order valence-corrected chi connectivity index (χ2v) is 13.5. The highest BCUT2D eigenvalue weighted by atomic mass is 32.2. The second kappa shape index (κ2) is 13.7. The summed E-state index contributed by atoms with van der Waals surface area (Å²) in [5.41, 5.74) is 4.00. The number of amides is 4. The van der Waals surface area contributed by atoms with Gasteiger partial charge in [-0.25, -0.2) is 19.4 Å². The standard InChI is InChI=1S/C27H35N5O10S2/c1-8-14(15-11-44-24(29-15)31-25(38)42-27(5,6)7)18(33)30-16-19(34)32-17(13(9-39-23(28)37)10-43-20(16)32)21(35)40-12-41-22(36)26(2,3)4/h8,11,16,20H,9-10,12H2,1-7H3,(H2,28,37)(H,30,33)(H,29,31,38)/t16-,20+/m1/s1. The molecule has 2 aliphatic rings. The molecule has 1 aromatic rings. The van der Waals surface area contributed by atoms with Crippen molar-refractivity contribution in [3.8, 4) is 0 Å². The number of hydrogen-bond donors (Lipinski definition) is 3. The molecule has 0 saturated carbocycles. The summed E-state index contributed by atoms with van der Waals surface area (Å²) in [7, 11) is 0. The minimum atomic E-state index is -1.08. The van der Waals surface area contributed by atoms with Crippen molar-refractivity contribution < 1.29 is 47.7 Å². The number of carbonyl (C=O) groups is 6. The molecule has 1 aromatic heterocycles. The number of β-lactam (4-membered cyclic amide) rings is 1. The normalized spacial score (nSPS) is 18.5. The number of esters is 2. The fraction of sp³-hybridized carbons (Fsp3) is 0.519. The summed E-state index contributed by atoms with van der Waals surface area (Å²) < 4.78 is 20.2. The summed E-state index contributed by atoms with van der Waals surface area (Å²) in [4.78, 5) is 80.3.